The van der Waals surface area contributed by atoms with E-state index in [0.29, 0.717) is 17.9 Å². The van der Waals surface area contributed by atoms with E-state index in [1.54, 1.807) is 48.5 Å². The maximum Gasteiger partial charge on any atom is 0.241 e. The lowest BCUT2D eigenvalue weighted by Gasteiger charge is -2.37. The summed E-state index contributed by atoms with van der Waals surface area (Å²) in [6.07, 6.45) is 0.523. The molecular weight excluding hydrogens is 348 g/mol. The van der Waals surface area contributed by atoms with Crippen molar-refractivity contribution in [1.82, 2.24) is 4.72 Å². The Morgan fingerprint density at radius 2 is 1.83 bits per heavy atom. The lowest BCUT2D eigenvalue weighted by Crippen LogP contribution is -2.41. The summed E-state index contributed by atoms with van der Waals surface area (Å²) in [6, 6.07) is 13.3. The first-order valence-electron chi connectivity index (χ1n) is 7.43. The molecule has 0 saturated heterocycles. The van der Waals surface area contributed by atoms with Crippen LogP contribution in [0.15, 0.2) is 53.4 Å². The largest absolute Gasteiger partial charge is 0.487 e. The van der Waals surface area contributed by atoms with Gasteiger partial charge in [0.15, 0.2) is 0 Å². The third-order valence-corrected chi connectivity index (χ3v) is 5.33. The third kappa shape index (κ3) is 3.83. The number of benzene rings is 2. The highest BCUT2D eigenvalue weighted by molar-refractivity contribution is 7.89. The smallest absolute Gasteiger partial charge is 0.241 e. The zero-order valence-corrected chi connectivity index (χ0v) is 15.2. The van der Waals surface area contributed by atoms with Crippen LogP contribution in [0, 0.1) is 0 Å². The second kappa shape index (κ2) is 6.63. The quantitative estimate of drug-likeness (QED) is 0.814. The Labute approximate surface area is 148 Å². The first kappa shape index (κ1) is 18.6. The van der Waals surface area contributed by atoms with Crippen LogP contribution in [0.25, 0.3) is 0 Å². The van der Waals surface area contributed by atoms with E-state index in [-0.39, 0.29) is 23.3 Å². The second-order valence-corrected chi connectivity index (χ2v) is 8.06. The summed E-state index contributed by atoms with van der Waals surface area (Å²) in [6.45, 7) is 3.88. The molecule has 0 fully saturated rings. The molecule has 1 atom stereocenters. The van der Waals surface area contributed by atoms with Crippen molar-refractivity contribution in [3.63, 3.8) is 0 Å². The van der Waals surface area contributed by atoms with Crippen LogP contribution in [0.3, 0.4) is 0 Å². The van der Waals surface area contributed by atoms with Crippen molar-refractivity contribution in [3.05, 3.63) is 54.1 Å². The zero-order chi connectivity index (χ0) is 16.7. The third-order valence-electron chi connectivity index (χ3n) is 3.84. The zero-order valence-electron chi connectivity index (χ0n) is 13.5. The van der Waals surface area contributed by atoms with Crippen LogP contribution in [0.5, 0.6) is 5.75 Å². The van der Waals surface area contributed by atoms with Crippen molar-refractivity contribution in [2.24, 2.45) is 0 Å². The molecule has 5 nitrogen and oxygen atoms in total. The minimum absolute atomic E-state index is 0. The fourth-order valence-corrected chi connectivity index (χ4v) is 4.07. The number of nitrogen functional groups attached to an aromatic ring is 1. The minimum atomic E-state index is -3.61. The number of nitrogens with one attached hydrogen (secondary N) is 1. The van der Waals surface area contributed by atoms with E-state index in [2.05, 4.69) is 4.72 Å². The predicted octanol–water partition coefficient (Wildman–Crippen LogP) is 3.27. The summed E-state index contributed by atoms with van der Waals surface area (Å²) >= 11 is 0. The van der Waals surface area contributed by atoms with Gasteiger partial charge in [0.1, 0.15) is 11.4 Å². The Hall–Kier alpha value is -1.76. The van der Waals surface area contributed by atoms with E-state index in [1.807, 2.05) is 13.8 Å². The Balaban J connectivity index is 0.00000208. The van der Waals surface area contributed by atoms with Gasteiger partial charge in [0, 0.05) is 17.7 Å². The number of sulfonamides is 1. The lowest BCUT2D eigenvalue weighted by atomic mass is 9.90. The van der Waals surface area contributed by atoms with Gasteiger partial charge in [-0.25, -0.2) is 13.1 Å². The van der Waals surface area contributed by atoms with Crippen LogP contribution >= 0.6 is 12.4 Å². The molecule has 24 heavy (non-hydrogen) atoms. The van der Waals surface area contributed by atoms with Crippen molar-refractivity contribution in [2.45, 2.75) is 36.8 Å². The van der Waals surface area contributed by atoms with E-state index in [9.17, 15) is 8.42 Å². The minimum Gasteiger partial charge on any atom is -0.487 e. The molecule has 130 valence electrons. The van der Waals surface area contributed by atoms with Gasteiger partial charge >= 0.3 is 0 Å². The number of ether oxygens (including phenoxy) is 1. The highest BCUT2D eigenvalue weighted by Gasteiger charge is 2.36. The van der Waals surface area contributed by atoms with Gasteiger partial charge in [-0.2, -0.15) is 0 Å². The van der Waals surface area contributed by atoms with Gasteiger partial charge in [0.25, 0.3) is 0 Å². The Morgan fingerprint density at radius 1 is 1.17 bits per heavy atom. The standard InChI is InChI=1S/C17H20N2O3S.ClH/c1-17(2)11-15(14-10-12(18)8-9-16(14)22-17)19-23(20,21)13-6-4-3-5-7-13;/h3-10,15,19H,11,18H2,1-2H3;1H. The summed E-state index contributed by atoms with van der Waals surface area (Å²) in [4.78, 5) is 0.245. The van der Waals surface area contributed by atoms with Crippen molar-refractivity contribution < 1.29 is 13.2 Å². The topological polar surface area (TPSA) is 81.4 Å². The molecule has 7 heteroatoms. The molecule has 1 heterocycles. The molecule has 3 N–H and O–H groups in total. The number of rotatable bonds is 3. The van der Waals surface area contributed by atoms with Crippen molar-refractivity contribution in [2.75, 3.05) is 5.73 Å². The number of hydrogen-bond acceptors (Lipinski definition) is 4. The second-order valence-electron chi connectivity index (χ2n) is 6.35. The predicted molar refractivity (Wildman–Crippen MR) is 96.9 cm³/mol. The Kier molecular flexibility index (Phi) is 5.13. The van der Waals surface area contributed by atoms with Crippen LogP contribution < -0.4 is 15.2 Å². The molecule has 1 aliphatic rings. The van der Waals surface area contributed by atoms with Crippen LogP contribution in [-0.4, -0.2) is 14.0 Å². The fourth-order valence-electron chi connectivity index (χ4n) is 2.83. The monoisotopic (exact) mass is 368 g/mol. The molecule has 2 aromatic rings. The van der Waals surface area contributed by atoms with Gasteiger partial charge in [-0.1, -0.05) is 18.2 Å². The SMILES string of the molecule is CC1(C)CC(NS(=O)(=O)c2ccccc2)c2cc(N)ccc2O1.Cl. The summed E-state index contributed by atoms with van der Waals surface area (Å²) < 4.78 is 34.0. The molecule has 1 unspecified atom stereocenters. The summed E-state index contributed by atoms with van der Waals surface area (Å²) in [7, 11) is -3.61. The molecule has 0 aromatic heterocycles. The number of anilines is 1. The van der Waals surface area contributed by atoms with E-state index in [1.165, 1.54) is 0 Å². The molecule has 0 radical (unpaired) electrons. The molecule has 0 spiro atoms. The Morgan fingerprint density at radius 3 is 2.50 bits per heavy atom. The highest BCUT2D eigenvalue weighted by Crippen LogP contribution is 2.40. The van der Waals surface area contributed by atoms with Crippen LogP contribution in [0.1, 0.15) is 31.9 Å². The number of nitrogens with two attached hydrogens (primary N) is 1. The van der Waals surface area contributed by atoms with Crippen molar-refractivity contribution >= 4 is 28.1 Å². The lowest BCUT2D eigenvalue weighted by molar-refractivity contribution is 0.0702. The normalized spacial score (nSPS) is 18.8. The van der Waals surface area contributed by atoms with Gasteiger partial charge in [0.05, 0.1) is 10.9 Å². The molecule has 3 rings (SSSR count). The fraction of sp³-hybridized carbons (Fsp3) is 0.294. The van der Waals surface area contributed by atoms with E-state index in [0.717, 1.165) is 5.56 Å². The number of hydrogen-bond donors (Lipinski definition) is 2. The van der Waals surface area contributed by atoms with Gasteiger partial charge in [-0.15, -0.1) is 12.4 Å². The molecule has 0 bridgehead atoms. The van der Waals surface area contributed by atoms with E-state index in [4.69, 9.17) is 10.5 Å². The van der Waals surface area contributed by atoms with Gasteiger partial charge in [-0.3, -0.25) is 0 Å². The average Bonchev–Trinajstić information content (AvgIpc) is 2.48. The van der Waals surface area contributed by atoms with Gasteiger partial charge in [-0.05, 0) is 44.2 Å². The molecule has 0 aliphatic carbocycles. The maximum atomic E-state index is 12.6. The first-order valence-corrected chi connectivity index (χ1v) is 8.91. The van der Waals surface area contributed by atoms with Crippen LogP contribution in [-0.2, 0) is 10.0 Å². The first-order chi connectivity index (χ1) is 10.8. The Bertz CT molecular complexity index is 823. The van der Waals surface area contributed by atoms with Crippen molar-refractivity contribution in [3.8, 4) is 5.75 Å². The highest BCUT2D eigenvalue weighted by atomic mass is 35.5. The summed E-state index contributed by atoms with van der Waals surface area (Å²) in [5.41, 5.74) is 6.74. The number of fused-ring (bicyclic) bond motifs is 1. The summed E-state index contributed by atoms with van der Waals surface area (Å²) in [5.74, 6) is 0.663. The molecule has 0 amide bonds. The van der Waals surface area contributed by atoms with E-state index < -0.39 is 15.6 Å². The average molecular weight is 369 g/mol. The maximum absolute atomic E-state index is 12.6. The van der Waals surface area contributed by atoms with E-state index >= 15 is 0 Å². The van der Waals surface area contributed by atoms with Gasteiger partial charge < -0.3 is 10.5 Å². The molecule has 0 saturated carbocycles. The molecule has 1 aliphatic heterocycles. The summed E-state index contributed by atoms with van der Waals surface area (Å²) in [5, 5.41) is 0. The number of halogens is 1. The molecule has 2 aromatic carbocycles. The van der Waals surface area contributed by atoms with Gasteiger partial charge in [0.2, 0.25) is 10.0 Å². The van der Waals surface area contributed by atoms with Crippen LogP contribution in [0.4, 0.5) is 5.69 Å². The van der Waals surface area contributed by atoms with Crippen molar-refractivity contribution in [1.29, 1.82) is 0 Å². The molecular formula is C17H21ClN2O3S. The van der Waals surface area contributed by atoms with Crippen LogP contribution in [0.2, 0.25) is 0 Å².